The maximum absolute atomic E-state index is 12.8. The predicted octanol–water partition coefficient (Wildman–Crippen LogP) is 3.05. The van der Waals surface area contributed by atoms with Crippen molar-refractivity contribution in [2.75, 3.05) is 19.7 Å². The zero-order chi connectivity index (χ0) is 17.9. The van der Waals surface area contributed by atoms with Crippen LogP contribution in [0.5, 0.6) is 0 Å². The number of hydrogen-bond donors (Lipinski definition) is 1. The van der Waals surface area contributed by atoms with Gasteiger partial charge in [0.1, 0.15) is 5.69 Å². The van der Waals surface area contributed by atoms with Crippen molar-refractivity contribution in [1.29, 1.82) is 0 Å². The maximum Gasteiger partial charge on any atom is 0.274 e. The smallest absolute Gasteiger partial charge is 0.274 e. The Labute approximate surface area is 152 Å². The van der Waals surface area contributed by atoms with Gasteiger partial charge in [-0.1, -0.05) is 18.2 Å². The molecule has 1 fully saturated rings. The molecule has 3 aromatic rings. The quantitative estimate of drug-likeness (QED) is 0.742. The molecule has 0 saturated carbocycles. The van der Waals surface area contributed by atoms with E-state index in [1.54, 1.807) is 0 Å². The number of aromatic nitrogens is 3. The summed E-state index contributed by atoms with van der Waals surface area (Å²) in [5.41, 5.74) is 2.56. The lowest BCUT2D eigenvalue weighted by molar-refractivity contribution is 0.0535. The van der Waals surface area contributed by atoms with Gasteiger partial charge in [-0.3, -0.25) is 9.89 Å². The van der Waals surface area contributed by atoms with E-state index in [-0.39, 0.29) is 12.0 Å². The summed E-state index contributed by atoms with van der Waals surface area (Å²) in [6, 6.07) is 12.2. The van der Waals surface area contributed by atoms with E-state index in [0.717, 1.165) is 25.1 Å². The second-order valence-corrected chi connectivity index (χ2v) is 6.76. The molecule has 0 bridgehead atoms. The van der Waals surface area contributed by atoms with E-state index in [2.05, 4.69) is 39.2 Å². The second-order valence-electron chi connectivity index (χ2n) is 6.76. The lowest BCUT2D eigenvalue weighted by Crippen LogP contribution is -2.37. The minimum atomic E-state index is -0.0390. The third-order valence-electron chi connectivity index (χ3n) is 4.99. The van der Waals surface area contributed by atoms with Crippen molar-refractivity contribution >= 4 is 16.8 Å². The first-order valence-electron chi connectivity index (χ1n) is 9.23. The van der Waals surface area contributed by atoms with Crippen LogP contribution < -0.4 is 0 Å². The van der Waals surface area contributed by atoms with Crippen LogP contribution in [0.15, 0.2) is 42.6 Å². The highest BCUT2D eigenvalue weighted by Gasteiger charge is 2.23. The van der Waals surface area contributed by atoms with E-state index in [0.29, 0.717) is 25.3 Å². The summed E-state index contributed by atoms with van der Waals surface area (Å²) in [5, 5.41) is 8.47. The summed E-state index contributed by atoms with van der Waals surface area (Å²) in [6.07, 6.45) is 4.32. The number of aromatic amines is 1. The number of ether oxygens (including phenoxy) is 1. The Balaban J connectivity index is 1.47. The predicted molar refractivity (Wildman–Crippen MR) is 100 cm³/mol. The first kappa shape index (κ1) is 16.8. The van der Waals surface area contributed by atoms with Crippen LogP contribution in [0.3, 0.4) is 0 Å². The molecule has 2 aromatic heterocycles. The molecule has 1 N–H and O–H groups in total. The highest BCUT2D eigenvalue weighted by Crippen LogP contribution is 2.17. The molecule has 0 aliphatic carbocycles. The van der Waals surface area contributed by atoms with Gasteiger partial charge >= 0.3 is 0 Å². The van der Waals surface area contributed by atoms with E-state index in [4.69, 9.17) is 4.74 Å². The van der Waals surface area contributed by atoms with Crippen molar-refractivity contribution in [2.24, 2.45) is 0 Å². The van der Waals surface area contributed by atoms with Gasteiger partial charge in [-0.25, -0.2) is 0 Å². The van der Waals surface area contributed by atoms with Crippen LogP contribution in [0.4, 0.5) is 0 Å². The van der Waals surface area contributed by atoms with Crippen molar-refractivity contribution in [3.8, 4) is 0 Å². The van der Waals surface area contributed by atoms with Gasteiger partial charge in [0.05, 0.1) is 18.3 Å². The number of benzene rings is 1. The van der Waals surface area contributed by atoms with Gasteiger partial charge in [0.25, 0.3) is 5.91 Å². The number of amides is 1. The van der Waals surface area contributed by atoms with Crippen LogP contribution in [0.2, 0.25) is 0 Å². The summed E-state index contributed by atoms with van der Waals surface area (Å²) in [6.45, 7) is 4.74. The second kappa shape index (κ2) is 7.33. The topological polar surface area (TPSA) is 63.1 Å². The number of rotatable bonds is 6. The molecule has 3 heterocycles. The summed E-state index contributed by atoms with van der Waals surface area (Å²) in [4.78, 5) is 14.6. The van der Waals surface area contributed by atoms with Crippen LogP contribution >= 0.6 is 0 Å². The fourth-order valence-corrected chi connectivity index (χ4v) is 3.57. The highest BCUT2D eigenvalue weighted by atomic mass is 16.5. The van der Waals surface area contributed by atoms with E-state index in [9.17, 15) is 4.79 Å². The Bertz CT molecular complexity index is 892. The fourth-order valence-electron chi connectivity index (χ4n) is 3.57. The number of para-hydroxylation sites is 1. The molecule has 1 saturated heterocycles. The molecule has 1 aliphatic heterocycles. The number of likely N-dealkylation sites (N-methyl/N-ethyl adjacent to an activating group) is 1. The van der Waals surface area contributed by atoms with Crippen molar-refractivity contribution in [1.82, 2.24) is 19.7 Å². The summed E-state index contributed by atoms with van der Waals surface area (Å²) in [7, 11) is 0. The van der Waals surface area contributed by atoms with Gasteiger partial charge in [0.2, 0.25) is 0 Å². The number of nitrogens with one attached hydrogen (secondary N) is 1. The summed E-state index contributed by atoms with van der Waals surface area (Å²) in [5.74, 6) is -0.0390. The lowest BCUT2D eigenvalue weighted by atomic mass is 10.2. The molecule has 0 radical (unpaired) electrons. The van der Waals surface area contributed by atoms with Crippen LogP contribution in [0.25, 0.3) is 10.9 Å². The van der Waals surface area contributed by atoms with Crippen LogP contribution in [0.1, 0.15) is 35.9 Å². The molecule has 0 unspecified atom stereocenters. The van der Waals surface area contributed by atoms with Gasteiger partial charge in [0, 0.05) is 31.4 Å². The largest absolute Gasteiger partial charge is 0.376 e. The molecule has 4 rings (SSSR count). The zero-order valence-corrected chi connectivity index (χ0v) is 15.0. The van der Waals surface area contributed by atoms with Crippen molar-refractivity contribution < 1.29 is 9.53 Å². The first-order chi connectivity index (χ1) is 12.7. The van der Waals surface area contributed by atoms with Gasteiger partial charge in [-0.05, 0) is 43.4 Å². The number of carbonyl (C=O) groups is 1. The Kier molecular flexibility index (Phi) is 4.75. The molecule has 1 aliphatic rings. The van der Waals surface area contributed by atoms with E-state index in [1.165, 1.54) is 10.9 Å². The number of nitrogens with zero attached hydrogens (tertiary/aromatic N) is 3. The normalized spacial score (nSPS) is 17.0. The zero-order valence-electron chi connectivity index (χ0n) is 15.0. The molecule has 1 atom stereocenters. The van der Waals surface area contributed by atoms with E-state index >= 15 is 0 Å². The summed E-state index contributed by atoms with van der Waals surface area (Å²) < 4.78 is 7.82. The number of fused-ring (bicyclic) bond motifs is 1. The monoisotopic (exact) mass is 352 g/mol. The average molecular weight is 352 g/mol. The molecule has 26 heavy (non-hydrogen) atoms. The number of hydrogen-bond acceptors (Lipinski definition) is 3. The SMILES string of the molecule is CCN(C[C@H]1CCCO1)C(=O)c1cc(Cn2ccc3ccccc32)[nH]n1. The Hall–Kier alpha value is -2.60. The van der Waals surface area contributed by atoms with Crippen molar-refractivity contribution in [3.05, 3.63) is 54.0 Å². The minimum Gasteiger partial charge on any atom is -0.376 e. The van der Waals surface area contributed by atoms with Gasteiger partial charge < -0.3 is 14.2 Å². The molecule has 1 aromatic carbocycles. The van der Waals surface area contributed by atoms with Gasteiger partial charge in [-0.2, -0.15) is 5.10 Å². The molecule has 6 nitrogen and oxygen atoms in total. The average Bonchev–Trinajstić information content (AvgIpc) is 3.41. The molecule has 0 spiro atoms. The Morgan fingerprint density at radius 2 is 2.27 bits per heavy atom. The van der Waals surface area contributed by atoms with E-state index < -0.39 is 0 Å². The Morgan fingerprint density at radius 3 is 3.08 bits per heavy atom. The molecule has 1 amide bonds. The van der Waals surface area contributed by atoms with Crippen LogP contribution in [0, 0.1) is 0 Å². The van der Waals surface area contributed by atoms with Crippen molar-refractivity contribution in [2.45, 2.75) is 32.4 Å². The highest BCUT2D eigenvalue weighted by molar-refractivity contribution is 5.92. The lowest BCUT2D eigenvalue weighted by Gasteiger charge is -2.23. The molecule has 136 valence electrons. The van der Waals surface area contributed by atoms with Crippen molar-refractivity contribution in [3.63, 3.8) is 0 Å². The number of carbonyl (C=O) groups excluding carboxylic acids is 1. The third kappa shape index (κ3) is 3.37. The number of H-pyrrole nitrogens is 1. The molecular weight excluding hydrogens is 328 g/mol. The van der Waals surface area contributed by atoms with Gasteiger partial charge in [-0.15, -0.1) is 0 Å². The Morgan fingerprint density at radius 1 is 1.38 bits per heavy atom. The third-order valence-corrected chi connectivity index (χ3v) is 4.99. The maximum atomic E-state index is 12.8. The van der Waals surface area contributed by atoms with E-state index in [1.807, 2.05) is 30.0 Å². The summed E-state index contributed by atoms with van der Waals surface area (Å²) >= 11 is 0. The molecular formula is C20H24N4O2. The van der Waals surface area contributed by atoms with Crippen LogP contribution in [-0.4, -0.2) is 51.4 Å². The molecule has 6 heteroatoms. The van der Waals surface area contributed by atoms with Crippen LogP contribution in [-0.2, 0) is 11.3 Å². The standard InChI is InChI=1S/C20H24N4O2/c1-2-23(14-17-7-5-11-26-17)20(25)18-12-16(21-22-18)13-24-10-9-15-6-3-4-8-19(15)24/h3-4,6,8-10,12,17H,2,5,7,11,13-14H2,1H3,(H,21,22)/t17-/m1/s1. The fraction of sp³-hybridized carbons (Fsp3) is 0.400. The van der Waals surface area contributed by atoms with Gasteiger partial charge in [0.15, 0.2) is 0 Å². The minimum absolute atomic E-state index is 0.0390. The first-order valence-corrected chi connectivity index (χ1v) is 9.23.